The first-order valence-electron chi connectivity index (χ1n) is 1.34. The van der Waals surface area contributed by atoms with Crippen molar-refractivity contribution >= 4 is 45.2 Å². The molecule has 0 aromatic rings. The number of rotatable bonds is 1. The lowest BCUT2D eigenvalue weighted by Crippen LogP contribution is -1.73. The number of alkyl halides is 2. The quantitative estimate of drug-likeness (QED) is 0.515. The van der Waals surface area contributed by atoms with Crippen molar-refractivity contribution in [2.24, 2.45) is 0 Å². The summed E-state index contributed by atoms with van der Waals surface area (Å²) < 4.78 is 0.713. The summed E-state index contributed by atoms with van der Waals surface area (Å²) in [5, 5.41) is 0. The van der Waals surface area contributed by atoms with Gasteiger partial charge in [-0.3, -0.25) is 0 Å². The van der Waals surface area contributed by atoms with Crippen molar-refractivity contribution < 1.29 is 0 Å². The molecule has 0 atom stereocenters. The van der Waals surface area contributed by atoms with Gasteiger partial charge in [0.2, 0.25) is 0 Å². The van der Waals surface area contributed by atoms with Crippen molar-refractivity contribution in [1.29, 1.82) is 0 Å². The average molecular weight is 295 g/mol. The summed E-state index contributed by atoms with van der Waals surface area (Å²) in [6.45, 7) is 3.67. The predicted molar refractivity (Wildman–Crippen MR) is 41.8 cm³/mol. The van der Waals surface area contributed by atoms with Crippen LogP contribution in [0.5, 0.6) is 0 Å². The molecule has 0 saturated heterocycles. The Morgan fingerprint density at radius 3 is 1.80 bits per heavy atom. The van der Waals surface area contributed by atoms with Crippen LogP contribution in [0, 0.1) is 6.92 Å². The maximum atomic E-state index is 3.67. The van der Waals surface area contributed by atoms with E-state index in [0.29, 0.717) is 1.93 Å². The fourth-order valence-electron chi connectivity index (χ4n) is 0. The maximum Gasteiger partial charge on any atom is 0.0626 e. The number of hydrogen-bond donors (Lipinski definition) is 0. The van der Waals surface area contributed by atoms with Crippen molar-refractivity contribution in [1.82, 2.24) is 0 Å². The molecule has 0 spiro atoms. The van der Waals surface area contributed by atoms with Crippen molar-refractivity contribution in [3.63, 3.8) is 0 Å². The van der Waals surface area contributed by atoms with E-state index < -0.39 is 0 Å². The van der Waals surface area contributed by atoms with Gasteiger partial charge in [-0.05, 0) is 6.42 Å². The van der Waals surface area contributed by atoms with Crippen molar-refractivity contribution in [3.05, 3.63) is 6.92 Å². The van der Waals surface area contributed by atoms with Crippen LogP contribution in [0.25, 0.3) is 0 Å². The SMILES string of the molecule is [CH2]CC(I)I. The zero-order valence-electron chi connectivity index (χ0n) is 2.75. The molecule has 0 unspecified atom stereocenters. The second-order valence-corrected chi connectivity index (χ2v) is 6.07. The molecule has 2 heteroatoms. The molecule has 0 nitrogen and oxygen atoms in total. The topological polar surface area (TPSA) is 0 Å². The van der Waals surface area contributed by atoms with E-state index in [9.17, 15) is 0 Å². The third-order valence-corrected chi connectivity index (χ3v) is 1.46. The van der Waals surface area contributed by atoms with Crippen LogP contribution in [0.2, 0.25) is 0 Å². The minimum Gasteiger partial charge on any atom is -0.0710 e. The Bertz CT molecular complexity index is 18.9. The second kappa shape index (κ2) is 3.64. The first kappa shape index (κ1) is 6.46. The molecule has 5 heavy (non-hydrogen) atoms. The molecule has 0 rings (SSSR count). The molecule has 0 fully saturated rings. The highest BCUT2D eigenvalue weighted by Gasteiger charge is 1.85. The van der Waals surface area contributed by atoms with Crippen LogP contribution in [-0.2, 0) is 0 Å². The Balaban J connectivity index is 2.54. The molecule has 0 aromatic carbocycles. The molecule has 0 aliphatic rings. The van der Waals surface area contributed by atoms with Gasteiger partial charge in [0.05, 0.1) is 1.93 Å². The summed E-state index contributed by atoms with van der Waals surface area (Å²) in [7, 11) is 0. The lowest BCUT2D eigenvalue weighted by atomic mass is 10.6. The van der Waals surface area contributed by atoms with E-state index >= 15 is 0 Å². The lowest BCUT2D eigenvalue weighted by Gasteiger charge is -1.85. The van der Waals surface area contributed by atoms with Gasteiger partial charge in [0.1, 0.15) is 0 Å². The standard InChI is InChI=1S/C3H5I2/c1-2-3(4)5/h3H,1-2H2. The number of hydrogen-bond acceptors (Lipinski definition) is 0. The van der Waals surface area contributed by atoms with Crippen LogP contribution in [-0.4, -0.2) is 1.93 Å². The largest absolute Gasteiger partial charge is 0.0710 e. The minimum atomic E-state index is 0.713. The maximum absolute atomic E-state index is 3.67. The van der Waals surface area contributed by atoms with Crippen LogP contribution < -0.4 is 0 Å². The zero-order chi connectivity index (χ0) is 4.28. The molecule has 0 saturated carbocycles. The monoisotopic (exact) mass is 295 g/mol. The van der Waals surface area contributed by atoms with E-state index in [4.69, 9.17) is 0 Å². The average Bonchev–Trinajstić information content (AvgIpc) is 1.38. The van der Waals surface area contributed by atoms with Gasteiger partial charge in [-0.2, -0.15) is 0 Å². The first-order chi connectivity index (χ1) is 2.27. The first-order valence-corrected chi connectivity index (χ1v) is 3.84. The molecular formula is C3H5I2. The molecule has 0 heterocycles. The van der Waals surface area contributed by atoms with Gasteiger partial charge in [0.15, 0.2) is 0 Å². The van der Waals surface area contributed by atoms with Crippen molar-refractivity contribution in [3.8, 4) is 0 Å². The molecule has 0 N–H and O–H groups in total. The van der Waals surface area contributed by atoms with Gasteiger partial charge >= 0.3 is 0 Å². The van der Waals surface area contributed by atoms with Gasteiger partial charge in [-0.15, -0.1) is 0 Å². The normalized spacial score (nSPS) is 9.60. The zero-order valence-corrected chi connectivity index (χ0v) is 7.06. The van der Waals surface area contributed by atoms with E-state index in [2.05, 4.69) is 52.1 Å². The highest BCUT2D eigenvalue weighted by atomic mass is 127. The van der Waals surface area contributed by atoms with E-state index in [1.165, 1.54) is 0 Å². The minimum absolute atomic E-state index is 0.713. The smallest absolute Gasteiger partial charge is 0.0626 e. The van der Waals surface area contributed by atoms with Crippen LogP contribution in [0.15, 0.2) is 0 Å². The second-order valence-electron chi connectivity index (χ2n) is 0.680. The van der Waals surface area contributed by atoms with Crippen molar-refractivity contribution in [2.75, 3.05) is 0 Å². The van der Waals surface area contributed by atoms with Crippen LogP contribution >= 0.6 is 45.2 Å². The predicted octanol–water partition coefficient (Wildman–Crippen LogP) is 2.41. The summed E-state index contributed by atoms with van der Waals surface area (Å²) in [6, 6.07) is 0. The van der Waals surface area contributed by atoms with Gasteiger partial charge in [-0.1, -0.05) is 52.1 Å². The van der Waals surface area contributed by atoms with Crippen LogP contribution in [0.3, 0.4) is 0 Å². The van der Waals surface area contributed by atoms with E-state index in [1.807, 2.05) is 0 Å². The van der Waals surface area contributed by atoms with Crippen molar-refractivity contribution in [2.45, 2.75) is 8.35 Å². The van der Waals surface area contributed by atoms with E-state index in [0.717, 1.165) is 6.42 Å². The number of halogens is 2. The van der Waals surface area contributed by atoms with E-state index in [-0.39, 0.29) is 0 Å². The van der Waals surface area contributed by atoms with Gasteiger partial charge in [-0.25, -0.2) is 0 Å². The molecule has 1 radical (unpaired) electrons. The van der Waals surface area contributed by atoms with Gasteiger partial charge in [0, 0.05) is 0 Å². The summed E-state index contributed by atoms with van der Waals surface area (Å²) >= 11 is 4.66. The fraction of sp³-hybridized carbons (Fsp3) is 0.667. The lowest BCUT2D eigenvalue weighted by molar-refractivity contribution is 1.25. The Morgan fingerprint density at radius 1 is 1.60 bits per heavy atom. The van der Waals surface area contributed by atoms with Crippen LogP contribution in [0.1, 0.15) is 6.42 Å². The molecule has 31 valence electrons. The molecule has 0 bridgehead atoms. The highest BCUT2D eigenvalue weighted by molar-refractivity contribution is 14.2. The molecule has 0 aliphatic heterocycles. The Kier molecular flexibility index (Phi) is 4.71. The third kappa shape index (κ3) is 5.46. The fourth-order valence-corrected chi connectivity index (χ4v) is 0. The Hall–Kier alpha value is 1.46. The van der Waals surface area contributed by atoms with Gasteiger partial charge < -0.3 is 0 Å². The molecule has 0 amide bonds. The Labute approximate surface area is 60.0 Å². The van der Waals surface area contributed by atoms with Gasteiger partial charge in [0.25, 0.3) is 0 Å². The van der Waals surface area contributed by atoms with E-state index in [1.54, 1.807) is 0 Å². The Morgan fingerprint density at radius 2 is 1.80 bits per heavy atom. The summed E-state index contributed by atoms with van der Waals surface area (Å²) in [5.74, 6) is 0. The summed E-state index contributed by atoms with van der Waals surface area (Å²) in [6.07, 6.45) is 1.03. The summed E-state index contributed by atoms with van der Waals surface area (Å²) in [5.41, 5.74) is 0. The summed E-state index contributed by atoms with van der Waals surface area (Å²) in [4.78, 5) is 0. The third-order valence-electron chi connectivity index (χ3n) is 0.218. The molecular weight excluding hydrogens is 290 g/mol. The van der Waals surface area contributed by atoms with Crippen LogP contribution in [0.4, 0.5) is 0 Å². The highest BCUT2D eigenvalue weighted by Crippen LogP contribution is 2.11. The molecule has 0 aliphatic carbocycles. The molecule has 0 aromatic heterocycles.